The number of rotatable bonds is 1. The van der Waals surface area contributed by atoms with E-state index in [1.54, 1.807) is 12.1 Å². The molecule has 1 aromatic rings. The van der Waals surface area contributed by atoms with E-state index in [1.807, 2.05) is 0 Å². The highest BCUT2D eigenvalue weighted by Crippen LogP contribution is 2.40. The van der Waals surface area contributed by atoms with Crippen molar-refractivity contribution in [1.29, 1.82) is 5.26 Å². The predicted octanol–water partition coefficient (Wildman–Crippen LogP) is 3.80. The Balaban J connectivity index is 2.29. The lowest BCUT2D eigenvalue weighted by atomic mass is 9.68. The molecule has 0 aliphatic heterocycles. The van der Waals surface area contributed by atoms with Gasteiger partial charge in [0.15, 0.2) is 0 Å². The molecule has 0 aromatic heterocycles. The first-order chi connectivity index (χ1) is 7.66. The fourth-order valence-electron chi connectivity index (χ4n) is 2.49. The van der Waals surface area contributed by atoms with Crippen LogP contribution in [0.1, 0.15) is 38.2 Å². The normalized spacial score (nSPS) is 29.7. The predicted molar refractivity (Wildman–Crippen MR) is 61.3 cm³/mol. The van der Waals surface area contributed by atoms with E-state index in [2.05, 4.69) is 13.0 Å². The van der Waals surface area contributed by atoms with Crippen LogP contribution in [-0.2, 0) is 5.41 Å². The van der Waals surface area contributed by atoms with Crippen molar-refractivity contribution in [2.45, 2.75) is 38.0 Å². The Hall–Kier alpha value is -1.36. The third-order valence-corrected chi connectivity index (χ3v) is 3.74. The summed E-state index contributed by atoms with van der Waals surface area (Å²) >= 11 is 0. The fourth-order valence-corrected chi connectivity index (χ4v) is 2.49. The smallest absolute Gasteiger partial charge is 0.123 e. The second-order valence-corrected chi connectivity index (χ2v) is 4.88. The average Bonchev–Trinajstić information content (AvgIpc) is 2.32. The van der Waals surface area contributed by atoms with Crippen LogP contribution in [0.15, 0.2) is 24.3 Å². The summed E-state index contributed by atoms with van der Waals surface area (Å²) in [6, 6.07) is 8.87. The lowest BCUT2D eigenvalue weighted by Crippen LogP contribution is -2.29. The van der Waals surface area contributed by atoms with Gasteiger partial charge in [0.1, 0.15) is 5.82 Å². The summed E-state index contributed by atoms with van der Waals surface area (Å²) in [4.78, 5) is 0. The van der Waals surface area contributed by atoms with Crippen LogP contribution in [0.3, 0.4) is 0 Å². The van der Waals surface area contributed by atoms with Gasteiger partial charge in [0.2, 0.25) is 0 Å². The van der Waals surface area contributed by atoms with Crippen molar-refractivity contribution < 1.29 is 4.39 Å². The lowest BCUT2D eigenvalue weighted by molar-refractivity contribution is 0.294. The molecule has 0 atom stereocenters. The first-order valence-electron chi connectivity index (χ1n) is 5.83. The van der Waals surface area contributed by atoms with Gasteiger partial charge in [0, 0.05) is 0 Å². The SMILES string of the molecule is CC1CCC(C#N)(c2ccc(F)cc2)CC1. The van der Waals surface area contributed by atoms with Gasteiger partial charge >= 0.3 is 0 Å². The van der Waals surface area contributed by atoms with E-state index < -0.39 is 0 Å². The van der Waals surface area contributed by atoms with Gasteiger partial charge in [-0.15, -0.1) is 0 Å². The Labute approximate surface area is 95.9 Å². The van der Waals surface area contributed by atoms with Crippen molar-refractivity contribution in [1.82, 2.24) is 0 Å². The molecule has 0 radical (unpaired) electrons. The van der Waals surface area contributed by atoms with Crippen molar-refractivity contribution in [2.75, 3.05) is 0 Å². The van der Waals surface area contributed by atoms with Crippen LogP contribution in [0.25, 0.3) is 0 Å². The number of hydrogen-bond donors (Lipinski definition) is 0. The fraction of sp³-hybridized carbons (Fsp3) is 0.500. The highest BCUT2D eigenvalue weighted by atomic mass is 19.1. The molecule has 0 saturated heterocycles. The standard InChI is InChI=1S/C14H16FN/c1-11-6-8-14(10-16,9-7-11)12-2-4-13(15)5-3-12/h2-5,11H,6-9H2,1H3. The van der Waals surface area contributed by atoms with Crippen LogP contribution >= 0.6 is 0 Å². The van der Waals surface area contributed by atoms with E-state index in [-0.39, 0.29) is 11.2 Å². The summed E-state index contributed by atoms with van der Waals surface area (Å²) in [5, 5.41) is 9.41. The average molecular weight is 217 g/mol. The molecule has 0 amide bonds. The first-order valence-corrected chi connectivity index (χ1v) is 5.83. The highest BCUT2D eigenvalue weighted by Gasteiger charge is 2.35. The maximum absolute atomic E-state index is 12.9. The van der Waals surface area contributed by atoms with Gasteiger partial charge in [-0.1, -0.05) is 19.1 Å². The number of halogens is 1. The molecule has 2 rings (SSSR count). The third kappa shape index (κ3) is 1.95. The summed E-state index contributed by atoms with van der Waals surface area (Å²) in [5.74, 6) is 0.475. The molecule has 0 spiro atoms. The zero-order chi connectivity index (χ0) is 11.6. The molecular weight excluding hydrogens is 201 g/mol. The van der Waals surface area contributed by atoms with Crippen molar-refractivity contribution >= 4 is 0 Å². The van der Waals surface area contributed by atoms with Gasteiger partial charge in [-0.3, -0.25) is 0 Å². The van der Waals surface area contributed by atoms with Crippen molar-refractivity contribution in [3.8, 4) is 6.07 Å². The molecule has 84 valence electrons. The largest absolute Gasteiger partial charge is 0.207 e. The first kappa shape index (κ1) is 11.1. The molecule has 1 aliphatic carbocycles. The Morgan fingerprint density at radius 3 is 2.31 bits per heavy atom. The van der Waals surface area contributed by atoms with Gasteiger partial charge in [-0.25, -0.2) is 4.39 Å². The maximum atomic E-state index is 12.9. The van der Waals surface area contributed by atoms with E-state index in [0.717, 1.165) is 31.2 Å². The van der Waals surface area contributed by atoms with E-state index in [9.17, 15) is 9.65 Å². The van der Waals surface area contributed by atoms with Gasteiger partial charge in [0.05, 0.1) is 11.5 Å². The summed E-state index contributed by atoms with van der Waals surface area (Å²) in [6.45, 7) is 2.23. The van der Waals surface area contributed by atoms with Crippen LogP contribution in [0.4, 0.5) is 4.39 Å². The van der Waals surface area contributed by atoms with Crippen LogP contribution in [0.5, 0.6) is 0 Å². The molecule has 2 heteroatoms. The van der Waals surface area contributed by atoms with Crippen molar-refractivity contribution in [2.24, 2.45) is 5.92 Å². The molecule has 1 nitrogen and oxygen atoms in total. The van der Waals surface area contributed by atoms with E-state index in [1.165, 1.54) is 12.1 Å². The molecule has 0 heterocycles. The molecule has 0 unspecified atom stereocenters. The molecule has 1 saturated carbocycles. The second kappa shape index (κ2) is 4.25. The molecule has 1 aromatic carbocycles. The maximum Gasteiger partial charge on any atom is 0.123 e. The van der Waals surface area contributed by atoms with Gasteiger partial charge in [-0.05, 0) is 49.3 Å². The van der Waals surface area contributed by atoms with Crippen LogP contribution < -0.4 is 0 Å². The quantitative estimate of drug-likeness (QED) is 0.702. The number of benzene rings is 1. The minimum absolute atomic E-state index is 0.235. The van der Waals surface area contributed by atoms with E-state index >= 15 is 0 Å². The number of nitrogens with zero attached hydrogens (tertiary/aromatic N) is 1. The molecule has 0 bridgehead atoms. The summed E-state index contributed by atoms with van der Waals surface area (Å²) < 4.78 is 12.9. The van der Waals surface area contributed by atoms with Gasteiger partial charge in [-0.2, -0.15) is 5.26 Å². The summed E-state index contributed by atoms with van der Waals surface area (Å²) in [5.41, 5.74) is 0.600. The minimum Gasteiger partial charge on any atom is -0.207 e. The Kier molecular flexibility index (Phi) is 2.96. The van der Waals surface area contributed by atoms with Crippen molar-refractivity contribution in [3.05, 3.63) is 35.6 Å². The van der Waals surface area contributed by atoms with Crippen LogP contribution in [-0.4, -0.2) is 0 Å². The topological polar surface area (TPSA) is 23.8 Å². The minimum atomic E-state index is -0.375. The summed E-state index contributed by atoms with van der Waals surface area (Å²) in [6.07, 6.45) is 3.97. The second-order valence-electron chi connectivity index (χ2n) is 4.88. The van der Waals surface area contributed by atoms with E-state index in [4.69, 9.17) is 0 Å². The van der Waals surface area contributed by atoms with E-state index in [0.29, 0.717) is 5.92 Å². The Bertz CT molecular complexity index is 394. The third-order valence-electron chi connectivity index (χ3n) is 3.74. The Morgan fingerprint density at radius 1 is 1.25 bits per heavy atom. The zero-order valence-electron chi connectivity index (χ0n) is 9.54. The van der Waals surface area contributed by atoms with Crippen LogP contribution in [0, 0.1) is 23.1 Å². The Morgan fingerprint density at radius 2 is 1.81 bits per heavy atom. The zero-order valence-corrected chi connectivity index (χ0v) is 9.54. The lowest BCUT2D eigenvalue weighted by Gasteiger charge is -2.34. The molecular formula is C14H16FN. The highest BCUT2D eigenvalue weighted by molar-refractivity contribution is 5.33. The molecule has 1 aliphatic rings. The van der Waals surface area contributed by atoms with Crippen LogP contribution in [0.2, 0.25) is 0 Å². The van der Waals surface area contributed by atoms with Crippen molar-refractivity contribution in [3.63, 3.8) is 0 Å². The van der Waals surface area contributed by atoms with Gasteiger partial charge in [0.25, 0.3) is 0 Å². The van der Waals surface area contributed by atoms with Gasteiger partial charge < -0.3 is 0 Å². The molecule has 16 heavy (non-hydrogen) atoms. The number of nitriles is 1. The molecule has 1 fully saturated rings. The number of hydrogen-bond acceptors (Lipinski definition) is 1. The monoisotopic (exact) mass is 217 g/mol. The summed E-state index contributed by atoms with van der Waals surface area (Å²) in [7, 11) is 0. The molecule has 0 N–H and O–H groups in total.